The monoisotopic (exact) mass is 597 g/mol. The number of unbranched alkanes of at least 4 members (excludes halogenated alkanes) is 15. The van der Waals surface area contributed by atoms with Crippen molar-refractivity contribution in [3.8, 4) is 0 Å². The predicted molar refractivity (Wildman–Crippen MR) is 173 cm³/mol. The summed E-state index contributed by atoms with van der Waals surface area (Å²) in [5.74, 6) is 0.652. The van der Waals surface area contributed by atoms with Crippen LogP contribution in [0.2, 0.25) is 0 Å². The molecule has 42 heavy (non-hydrogen) atoms. The first-order chi connectivity index (χ1) is 20.2. The minimum absolute atomic E-state index is 0.0695. The van der Waals surface area contributed by atoms with E-state index in [1.54, 1.807) is 0 Å². The van der Waals surface area contributed by atoms with Crippen molar-refractivity contribution in [2.24, 2.45) is 11.8 Å². The third kappa shape index (κ3) is 29.9. The van der Waals surface area contributed by atoms with Crippen LogP contribution in [0, 0.1) is 11.8 Å². The van der Waals surface area contributed by atoms with Crippen molar-refractivity contribution < 1.29 is 28.6 Å². The lowest BCUT2D eigenvalue weighted by Gasteiger charge is -2.18. The molecule has 6 nitrogen and oxygen atoms in total. The number of hydrogen-bond acceptors (Lipinski definition) is 6. The molecule has 0 unspecified atom stereocenters. The van der Waals surface area contributed by atoms with Gasteiger partial charge in [0.25, 0.3) is 0 Å². The number of ether oxygens (including phenoxy) is 3. The Labute approximate surface area is 259 Å². The largest absolute Gasteiger partial charge is 0.462 e. The molecule has 0 heterocycles. The van der Waals surface area contributed by atoms with Gasteiger partial charge in [-0.05, 0) is 31.1 Å². The molecular weight excluding hydrogens is 528 g/mol. The van der Waals surface area contributed by atoms with E-state index in [0.29, 0.717) is 19.3 Å². The van der Waals surface area contributed by atoms with Gasteiger partial charge in [-0.25, -0.2) is 0 Å². The zero-order chi connectivity index (χ0) is 31.3. The van der Waals surface area contributed by atoms with Crippen molar-refractivity contribution >= 4 is 17.9 Å². The quantitative estimate of drug-likeness (QED) is 0.0466. The fraction of sp³-hybridized carbons (Fsp3) is 0.917. The molecule has 248 valence electrons. The summed E-state index contributed by atoms with van der Waals surface area (Å²) in [5.41, 5.74) is 0. The highest BCUT2D eigenvalue weighted by atomic mass is 16.6. The zero-order valence-electron chi connectivity index (χ0n) is 28.4. The molecule has 0 saturated carbocycles. The molecule has 0 saturated heterocycles. The second kappa shape index (κ2) is 29.5. The second-order valence-corrected chi connectivity index (χ2v) is 13.1. The lowest BCUT2D eigenvalue weighted by Crippen LogP contribution is -2.30. The van der Waals surface area contributed by atoms with E-state index in [9.17, 15) is 14.4 Å². The Balaban J connectivity index is 4.29. The Morgan fingerprint density at radius 1 is 0.452 bits per heavy atom. The Morgan fingerprint density at radius 2 is 0.786 bits per heavy atom. The molecule has 0 aliphatic rings. The molecule has 0 amide bonds. The van der Waals surface area contributed by atoms with Crippen LogP contribution in [-0.4, -0.2) is 37.2 Å². The summed E-state index contributed by atoms with van der Waals surface area (Å²) in [5, 5.41) is 0. The van der Waals surface area contributed by atoms with Gasteiger partial charge in [0.1, 0.15) is 13.2 Å². The van der Waals surface area contributed by atoms with Gasteiger partial charge in [0.15, 0.2) is 6.10 Å². The van der Waals surface area contributed by atoms with E-state index in [-0.39, 0.29) is 31.1 Å². The third-order valence-electron chi connectivity index (χ3n) is 7.72. The van der Waals surface area contributed by atoms with E-state index in [2.05, 4.69) is 34.6 Å². The van der Waals surface area contributed by atoms with Gasteiger partial charge in [0.05, 0.1) is 0 Å². The maximum Gasteiger partial charge on any atom is 0.306 e. The molecule has 0 aromatic rings. The van der Waals surface area contributed by atoms with E-state index in [1.165, 1.54) is 64.2 Å². The molecule has 0 spiro atoms. The molecule has 0 bridgehead atoms. The molecule has 6 heteroatoms. The van der Waals surface area contributed by atoms with Gasteiger partial charge in [-0.15, -0.1) is 0 Å². The normalized spacial score (nSPS) is 12.1. The number of carbonyl (C=O) groups excluding carboxylic acids is 3. The number of carbonyl (C=O) groups is 3. The van der Waals surface area contributed by atoms with E-state index >= 15 is 0 Å². The minimum Gasteiger partial charge on any atom is -0.462 e. The van der Waals surface area contributed by atoms with Crippen LogP contribution in [0.1, 0.15) is 182 Å². The van der Waals surface area contributed by atoms with Crippen LogP contribution in [0.25, 0.3) is 0 Å². The summed E-state index contributed by atoms with van der Waals surface area (Å²) in [7, 11) is 0. The number of hydrogen-bond donors (Lipinski definition) is 0. The van der Waals surface area contributed by atoms with Crippen LogP contribution < -0.4 is 0 Å². The lowest BCUT2D eigenvalue weighted by atomic mass is 10.0. The van der Waals surface area contributed by atoms with Gasteiger partial charge in [0.2, 0.25) is 0 Å². The molecule has 0 radical (unpaired) electrons. The molecule has 0 N–H and O–H groups in total. The van der Waals surface area contributed by atoms with Crippen molar-refractivity contribution in [1.29, 1.82) is 0 Å². The molecule has 0 aliphatic heterocycles. The Kier molecular flexibility index (Phi) is 28.4. The summed E-state index contributed by atoms with van der Waals surface area (Å²) < 4.78 is 16.4. The molecule has 1 atom stereocenters. The van der Waals surface area contributed by atoms with Crippen LogP contribution in [0.15, 0.2) is 0 Å². The van der Waals surface area contributed by atoms with Gasteiger partial charge >= 0.3 is 17.9 Å². The van der Waals surface area contributed by atoms with E-state index < -0.39 is 6.10 Å². The topological polar surface area (TPSA) is 78.9 Å². The standard InChI is InChI=1S/C36H68O6/c1-6-7-8-14-23-28-36(39)42-33(30-41-35(38)27-22-18-13-12-16-20-25-32(4)5)29-40-34(37)26-21-17-11-9-10-15-19-24-31(2)3/h31-33H,6-30H2,1-5H3/t33-/m1/s1. The van der Waals surface area contributed by atoms with E-state index in [1.807, 2.05) is 0 Å². The summed E-state index contributed by atoms with van der Waals surface area (Å²) in [6, 6.07) is 0. The van der Waals surface area contributed by atoms with E-state index in [0.717, 1.165) is 76.0 Å². The maximum atomic E-state index is 12.4. The van der Waals surface area contributed by atoms with Crippen molar-refractivity contribution in [3.05, 3.63) is 0 Å². The smallest absolute Gasteiger partial charge is 0.306 e. The highest BCUT2D eigenvalue weighted by molar-refractivity contribution is 5.71. The first-order valence-corrected chi connectivity index (χ1v) is 17.7. The number of rotatable bonds is 30. The zero-order valence-corrected chi connectivity index (χ0v) is 28.4. The van der Waals surface area contributed by atoms with Crippen LogP contribution in [0.4, 0.5) is 0 Å². The Morgan fingerprint density at radius 3 is 1.17 bits per heavy atom. The van der Waals surface area contributed by atoms with Crippen LogP contribution in [0.3, 0.4) is 0 Å². The van der Waals surface area contributed by atoms with E-state index in [4.69, 9.17) is 14.2 Å². The van der Waals surface area contributed by atoms with Crippen LogP contribution >= 0.6 is 0 Å². The maximum absolute atomic E-state index is 12.4. The molecule has 0 rings (SSSR count). The van der Waals surface area contributed by atoms with Crippen molar-refractivity contribution in [2.45, 2.75) is 188 Å². The molecular formula is C36H68O6. The van der Waals surface area contributed by atoms with Crippen LogP contribution in [-0.2, 0) is 28.6 Å². The van der Waals surface area contributed by atoms with Crippen molar-refractivity contribution in [1.82, 2.24) is 0 Å². The molecule has 0 fully saturated rings. The summed E-state index contributed by atoms with van der Waals surface area (Å²) >= 11 is 0. The highest BCUT2D eigenvalue weighted by Gasteiger charge is 2.19. The first-order valence-electron chi connectivity index (χ1n) is 17.7. The minimum atomic E-state index is -0.757. The summed E-state index contributed by atoms with van der Waals surface area (Å²) in [4.78, 5) is 37.0. The van der Waals surface area contributed by atoms with Gasteiger partial charge in [-0.3, -0.25) is 14.4 Å². The second-order valence-electron chi connectivity index (χ2n) is 13.1. The van der Waals surface area contributed by atoms with Gasteiger partial charge < -0.3 is 14.2 Å². The van der Waals surface area contributed by atoms with Gasteiger partial charge in [0, 0.05) is 19.3 Å². The molecule has 0 aromatic heterocycles. The van der Waals surface area contributed by atoms with Crippen LogP contribution in [0.5, 0.6) is 0 Å². The average Bonchev–Trinajstić information content (AvgIpc) is 2.94. The third-order valence-corrected chi connectivity index (χ3v) is 7.72. The Bertz CT molecular complexity index is 645. The van der Waals surface area contributed by atoms with Gasteiger partial charge in [-0.2, -0.15) is 0 Å². The highest BCUT2D eigenvalue weighted by Crippen LogP contribution is 2.14. The first kappa shape index (κ1) is 40.4. The fourth-order valence-electron chi connectivity index (χ4n) is 4.98. The van der Waals surface area contributed by atoms with Crippen molar-refractivity contribution in [2.75, 3.05) is 13.2 Å². The van der Waals surface area contributed by atoms with Gasteiger partial charge in [-0.1, -0.05) is 144 Å². The summed E-state index contributed by atoms with van der Waals surface area (Å²) in [6.45, 7) is 11.1. The summed E-state index contributed by atoms with van der Waals surface area (Å²) in [6.07, 6.45) is 22.8. The lowest BCUT2D eigenvalue weighted by molar-refractivity contribution is -0.167. The molecule has 0 aromatic carbocycles. The predicted octanol–water partition coefficient (Wildman–Crippen LogP) is 10.3. The number of esters is 3. The fourth-order valence-corrected chi connectivity index (χ4v) is 4.98. The average molecular weight is 597 g/mol. The molecule has 0 aliphatic carbocycles. The SMILES string of the molecule is CCCCCCCC(=O)O[C@H](COC(=O)CCCCCCCCCC(C)C)COC(=O)CCCCCCCCC(C)C. The Hall–Kier alpha value is -1.59. The van der Waals surface area contributed by atoms with Crippen molar-refractivity contribution in [3.63, 3.8) is 0 Å².